The highest BCUT2D eigenvalue weighted by Gasteiger charge is 2.17. The fourth-order valence-corrected chi connectivity index (χ4v) is 1.57. The molecule has 6 nitrogen and oxygen atoms in total. The van der Waals surface area contributed by atoms with Crippen molar-refractivity contribution < 1.29 is 4.79 Å². The Morgan fingerprint density at radius 2 is 2.06 bits per heavy atom. The number of nitrogens with two attached hydrogens (primary N) is 1. The highest BCUT2D eigenvalue weighted by molar-refractivity contribution is 6.06. The second-order valence-electron chi connectivity index (χ2n) is 3.66. The molecule has 17 heavy (non-hydrogen) atoms. The van der Waals surface area contributed by atoms with Gasteiger partial charge in [0.2, 0.25) is 0 Å². The first-order chi connectivity index (χ1) is 8.09. The maximum Gasteiger partial charge on any atom is 0.276 e. The number of hydrogen-bond donors (Lipinski definition) is 2. The minimum Gasteiger partial charge on any atom is -0.395 e. The van der Waals surface area contributed by atoms with Gasteiger partial charge in [0.05, 0.1) is 11.4 Å². The number of hydrogen-bond acceptors (Lipinski definition) is 4. The van der Waals surface area contributed by atoms with Gasteiger partial charge >= 0.3 is 0 Å². The predicted octanol–water partition coefficient (Wildman–Crippen LogP) is 0.958. The largest absolute Gasteiger partial charge is 0.395 e. The van der Waals surface area contributed by atoms with E-state index in [2.05, 4.69) is 15.4 Å². The normalized spacial score (nSPS) is 10.2. The van der Waals surface area contributed by atoms with Gasteiger partial charge in [0.25, 0.3) is 5.91 Å². The topological polar surface area (TPSA) is 85.8 Å². The molecule has 1 amide bonds. The molecule has 2 heterocycles. The summed E-state index contributed by atoms with van der Waals surface area (Å²) in [6.45, 7) is 1.76. The lowest BCUT2D eigenvalue weighted by molar-refractivity contribution is 0.101. The van der Waals surface area contributed by atoms with E-state index in [-0.39, 0.29) is 5.91 Å². The molecule has 0 spiro atoms. The van der Waals surface area contributed by atoms with Crippen LogP contribution in [0.1, 0.15) is 16.2 Å². The average molecular weight is 231 g/mol. The predicted molar refractivity (Wildman–Crippen MR) is 64.5 cm³/mol. The molecule has 0 fully saturated rings. The van der Waals surface area contributed by atoms with Crippen molar-refractivity contribution in [3.05, 3.63) is 35.9 Å². The van der Waals surface area contributed by atoms with Crippen LogP contribution in [0.4, 0.5) is 11.4 Å². The lowest BCUT2D eigenvalue weighted by Crippen LogP contribution is -2.17. The number of pyridine rings is 1. The molecule has 6 heteroatoms. The van der Waals surface area contributed by atoms with Crippen molar-refractivity contribution in [1.29, 1.82) is 0 Å². The molecular formula is C11H13N5O. The van der Waals surface area contributed by atoms with Gasteiger partial charge in [0, 0.05) is 25.1 Å². The van der Waals surface area contributed by atoms with Crippen LogP contribution in [0.3, 0.4) is 0 Å². The number of carbonyl (C=O) groups excluding carboxylic acids is 1. The SMILES string of the molecule is Cc1nn(C)c(C(=O)Nc2ccncc2)c1N. The van der Waals surface area contributed by atoms with Crippen LogP contribution in [-0.2, 0) is 7.05 Å². The Morgan fingerprint density at radius 1 is 1.41 bits per heavy atom. The van der Waals surface area contributed by atoms with E-state index < -0.39 is 0 Å². The van der Waals surface area contributed by atoms with E-state index in [9.17, 15) is 4.79 Å². The van der Waals surface area contributed by atoms with Crippen molar-refractivity contribution in [3.8, 4) is 0 Å². The Balaban J connectivity index is 2.27. The van der Waals surface area contributed by atoms with Crippen LogP contribution in [0.5, 0.6) is 0 Å². The van der Waals surface area contributed by atoms with Crippen LogP contribution in [-0.4, -0.2) is 20.7 Å². The van der Waals surface area contributed by atoms with Crippen molar-refractivity contribution in [2.45, 2.75) is 6.92 Å². The van der Waals surface area contributed by atoms with Gasteiger partial charge in [-0.3, -0.25) is 14.5 Å². The summed E-state index contributed by atoms with van der Waals surface area (Å²) >= 11 is 0. The molecule has 0 atom stereocenters. The van der Waals surface area contributed by atoms with E-state index >= 15 is 0 Å². The summed E-state index contributed by atoms with van der Waals surface area (Å²) in [6.07, 6.45) is 3.21. The Hall–Kier alpha value is -2.37. The second kappa shape index (κ2) is 4.25. The van der Waals surface area contributed by atoms with Gasteiger partial charge in [-0.25, -0.2) is 0 Å². The summed E-state index contributed by atoms with van der Waals surface area (Å²) in [6, 6.07) is 3.41. The molecule has 3 N–H and O–H groups in total. The summed E-state index contributed by atoms with van der Waals surface area (Å²) in [5, 5.41) is 6.83. The van der Waals surface area contributed by atoms with E-state index in [1.807, 2.05) is 0 Å². The zero-order valence-corrected chi connectivity index (χ0v) is 9.64. The highest BCUT2D eigenvalue weighted by atomic mass is 16.2. The van der Waals surface area contributed by atoms with Crippen molar-refractivity contribution in [2.24, 2.45) is 7.05 Å². The maximum absolute atomic E-state index is 12.0. The molecule has 0 saturated heterocycles. The number of rotatable bonds is 2. The maximum atomic E-state index is 12.0. The Kier molecular flexibility index (Phi) is 2.78. The Labute approximate surface area is 98.5 Å². The van der Waals surface area contributed by atoms with Crippen molar-refractivity contribution >= 4 is 17.3 Å². The summed E-state index contributed by atoms with van der Waals surface area (Å²) in [4.78, 5) is 15.9. The molecule has 0 aromatic carbocycles. The lowest BCUT2D eigenvalue weighted by Gasteiger charge is -2.05. The number of carbonyl (C=O) groups is 1. The van der Waals surface area contributed by atoms with Crippen LogP contribution < -0.4 is 11.1 Å². The third-order valence-corrected chi connectivity index (χ3v) is 2.42. The molecule has 0 aliphatic carbocycles. The zero-order chi connectivity index (χ0) is 12.4. The minimum absolute atomic E-state index is 0.281. The average Bonchev–Trinajstić information content (AvgIpc) is 2.54. The monoisotopic (exact) mass is 231 g/mol. The number of amides is 1. The highest BCUT2D eigenvalue weighted by Crippen LogP contribution is 2.16. The molecule has 2 aromatic heterocycles. The van der Waals surface area contributed by atoms with Crippen molar-refractivity contribution in [2.75, 3.05) is 11.1 Å². The lowest BCUT2D eigenvalue weighted by atomic mass is 10.3. The van der Waals surface area contributed by atoms with E-state index in [0.29, 0.717) is 22.8 Å². The van der Waals surface area contributed by atoms with Crippen LogP contribution in [0, 0.1) is 6.92 Å². The number of anilines is 2. The van der Waals surface area contributed by atoms with Crippen LogP contribution in [0.15, 0.2) is 24.5 Å². The molecule has 88 valence electrons. The van der Waals surface area contributed by atoms with Crippen LogP contribution in [0.25, 0.3) is 0 Å². The molecule has 0 aliphatic rings. The molecule has 0 aliphatic heterocycles. The van der Waals surface area contributed by atoms with Gasteiger partial charge in [-0.15, -0.1) is 0 Å². The van der Waals surface area contributed by atoms with Gasteiger partial charge in [0.1, 0.15) is 5.69 Å². The first-order valence-corrected chi connectivity index (χ1v) is 5.10. The smallest absolute Gasteiger partial charge is 0.276 e. The van der Waals surface area contributed by atoms with Gasteiger partial charge in [0.15, 0.2) is 0 Å². The molecule has 0 radical (unpaired) electrons. The Morgan fingerprint density at radius 3 is 2.59 bits per heavy atom. The first-order valence-electron chi connectivity index (χ1n) is 5.10. The number of aromatic nitrogens is 3. The molecule has 0 bridgehead atoms. The fourth-order valence-electron chi connectivity index (χ4n) is 1.57. The van der Waals surface area contributed by atoms with E-state index in [0.717, 1.165) is 0 Å². The number of nitrogens with zero attached hydrogens (tertiary/aromatic N) is 3. The zero-order valence-electron chi connectivity index (χ0n) is 9.64. The van der Waals surface area contributed by atoms with Gasteiger partial charge in [-0.2, -0.15) is 5.10 Å². The quantitative estimate of drug-likeness (QED) is 0.806. The molecule has 2 aromatic rings. The summed E-state index contributed by atoms with van der Waals surface area (Å²) < 4.78 is 1.47. The molecule has 0 saturated carbocycles. The third kappa shape index (κ3) is 2.10. The second-order valence-corrected chi connectivity index (χ2v) is 3.66. The van der Waals surface area contributed by atoms with Crippen molar-refractivity contribution in [3.63, 3.8) is 0 Å². The van der Waals surface area contributed by atoms with Crippen molar-refractivity contribution in [1.82, 2.24) is 14.8 Å². The van der Waals surface area contributed by atoms with E-state index in [1.54, 1.807) is 38.5 Å². The Bertz CT molecular complexity index is 546. The van der Waals surface area contributed by atoms with Gasteiger partial charge < -0.3 is 11.1 Å². The minimum atomic E-state index is -0.281. The number of nitrogens with one attached hydrogen (secondary N) is 1. The van der Waals surface area contributed by atoms with Crippen LogP contribution in [0.2, 0.25) is 0 Å². The third-order valence-electron chi connectivity index (χ3n) is 2.42. The van der Waals surface area contributed by atoms with Gasteiger partial charge in [-0.05, 0) is 19.1 Å². The standard InChI is InChI=1S/C11H13N5O/c1-7-9(12)10(16(2)15-7)11(17)14-8-3-5-13-6-4-8/h3-6H,12H2,1-2H3,(H,13,14,17). The number of nitrogen functional groups attached to an aromatic ring is 1. The van der Waals surface area contributed by atoms with E-state index in [1.165, 1.54) is 4.68 Å². The summed E-state index contributed by atoms with van der Waals surface area (Å²) in [7, 11) is 1.69. The first kappa shape index (κ1) is 11.1. The summed E-state index contributed by atoms with van der Waals surface area (Å²) in [5.74, 6) is -0.281. The number of aryl methyl sites for hydroxylation is 2. The van der Waals surface area contributed by atoms with Crippen LogP contribution >= 0.6 is 0 Å². The molecular weight excluding hydrogens is 218 g/mol. The molecule has 0 unspecified atom stereocenters. The molecule has 2 rings (SSSR count). The summed E-state index contributed by atoms with van der Waals surface area (Å²) in [5.41, 5.74) is 7.88. The fraction of sp³-hybridized carbons (Fsp3) is 0.182. The van der Waals surface area contributed by atoms with Gasteiger partial charge in [-0.1, -0.05) is 0 Å². The van der Waals surface area contributed by atoms with E-state index in [4.69, 9.17) is 5.73 Å².